The summed E-state index contributed by atoms with van der Waals surface area (Å²) >= 11 is 0. The summed E-state index contributed by atoms with van der Waals surface area (Å²) < 4.78 is 11.8. The first-order valence-electron chi connectivity index (χ1n) is 8.48. The predicted octanol–water partition coefficient (Wildman–Crippen LogP) is 2.11. The second-order valence-electron chi connectivity index (χ2n) is 6.65. The Hall–Kier alpha value is -0.810. The highest BCUT2D eigenvalue weighted by Crippen LogP contribution is 2.40. The molecule has 2 amide bonds. The van der Waals surface area contributed by atoms with Crippen LogP contribution in [0.3, 0.4) is 0 Å². The molecule has 120 valence electrons. The molecule has 0 radical (unpaired) electrons. The van der Waals surface area contributed by atoms with Gasteiger partial charge >= 0.3 is 6.03 Å². The monoisotopic (exact) mass is 296 g/mol. The van der Waals surface area contributed by atoms with Crippen molar-refractivity contribution in [2.75, 3.05) is 46.0 Å². The van der Waals surface area contributed by atoms with Crippen LogP contribution in [0.25, 0.3) is 0 Å². The smallest absolute Gasteiger partial charge is 0.320 e. The first-order valence-corrected chi connectivity index (χ1v) is 8.48. The zero-order chi connectivity index (χ0) is 14.7. The van der Waals surface area contributed by atoms with E-state index in [4.69, 9.17) is 9.47 Å². The average Bonchev–Trinajstić information content (AvgIpc) is 3.06. The molecule has 21 heavy (non-hydrogen) atoms. The third kappa shape index (κ3) is 3.04. The van der Waals surface area contributed by atoms with Gasteiger partial charge in [0, 0.05) is 44.8 Å². The van der Waals surface area contributed by atoms with E-state index in [1.165, 1.54) is 0 Å². The summed E-state index contributed by atoms with van der Waals surface area (Å²) in [5.41, 5.74) is 0.0158. The van der Waals surface area contributed by atoms with Crippen LogP contribution < -0.4 is 0 Å². The van der Waals surface area contributed by atoms with Crippen molar-refractivity contribution in [2.24, 2.45) is 5.41 Å². The van der Waals surface area contributed by atoms with Gasteiger partial charge in [-0.1, -0.05) is 0 Å². The van der Waals surface area contributed by atoms with Gasteiger partial charge < -0.3 is 19.3 Å². The fourth-order valence-electron chi connectivity index (χ4n) is 4.08. The maximum absolute atomic E-state index is 12.7. The Labute approximate surface area is 127 Å². The molecule has 0 bridgehead atoms. The van der Waals surface area contributed by atoms with Gasteiger partial charge in [-0.05, 0) is 39.0 Å². The Morgan fingerprint density at radius 3 is 2.81 bits per heavy atom. The summed E-state index contributed by atoms with van der Waals surface area (Å²) in [5, 5.41) is 0. The predicted molar refractivity (Wildman–Crippen MR) is 80.3 cm³/mol. The summed E-state index contributed by atoms with van der Waals surface area (Å²) in [7, 11) is 0. The molecule has 0 spiro atoms. The lowest BCUT2D eigenvalue weighted by Gasteiger charge is -2.50. The zero-order valence-electron chi connectivity index (χ0n) is 13.2. The normalized spacial score (nSPS) is 33.1. The van der Waals surface area contributed by atoms with Gasteiger partial charge in [-0.3, -0.25) is 0 Å². The van der Waals surface area contributed by atoms with Gasteiger partial charge in [0.05, 0.1) is 12.7 Å². The van der Waals surface area contributed by atoms with Gasteiger partial charge in [0.2, 0.25) is 0 Å². The number of piperidine rings is 1. The van der Waals surface area contributed by atoms with E-state index >= 15 is 0 Å². The Kier molecular flexibility index (Phi) is 4.69. The Morgan fingerprint density at radius 2 is 2.05 bits per heavy atom. The van der Waals surface area contributed by atoms with Gasteiger partial charge in [0.1, 0.15) is 0 Å². The molecule has 3 aliphatic heterocycles. The number of likely N-dealkylation sites (tertiary alicyclic amines) is 2. The lowest BCUT2D eigenvalue weighted by Crippen LogP contribution is -2.59. The average molecular weight is 296 g/mol. The van der Waals surface area contributed by atoms with Crippen LogP contribution in [0, 0.1) is 5.41 Å². The van der Waals surface area contributed by atoms with Crippen molar-refractivity contribution in [1.29, 1.82) is 0 Å². The minimum atomic E-state index is 0.0158. The van der Waals surface area contributed by atoms with E-state index in [1.807, 2.05) is 11.8 Å². The first-order chi connectivity index (χ1) is 10.2. The van der Waals surface area contributed by atoms with Gasteiger partial charge in [-0.25, -0.2) is 4.79 Å². The fraction of sp³-hybridized carbons (Fsp3) is 0.938. The summed E-state index contributed by atoms with van der Waals surface area (Å²) in [6, 6.07) is 0.229. The van der Waals surface area contributed by atoms with Crippen LogP contribution in [-0.2, 0) is 9.47 Å². The minimum absolute atomic E-state index is 0.0158. The standard InChI is InChI=1S/C16H28N2O3/c1-2-20-13-16-7-5-11-21-14(16)6-10-18(12-16)15(19)17-8-3-4-9-17/h14H,2-13H2,1H3/t14-,16+/m0/s1. The van der Waals surface area contributed by atoms with Crippen molar-refractivity contribution in [3.8, 4) is 0 Å². The number of fused-ring (bicyclic) bond motifs is 1. The lowest BCUT2D eigenvalue weighted by atomic mass is 9.73. The first kappa shape index (κ1) is 15.1. The van der Waals surface area contributed by atoms with E-state index in [0.717, 1.165) is 78.1 Å². The van der Waals surface area contributed by atoms with Gasteiger partial charge in [0.15, 0.2) is 0 Å². The quantitative estimate of drug-likeness (QED) is 0.801. The van der Waals surface area contributed by atoms with Crippen LogP contribution >= 0.6 is 0 Å². The molecule has 0 aromatic rings. The molecule has 3 heterocycles. The number of carbonyl (C=O) groups excluding carboxylic acids is 1. The van der Waals surface area contributed by atoms with E-state index in [-0.39, 0.29) is 17.6 Å². The number of hydrogen-bond acceptors (Lipinski definition) is 3. The molecule has 0 aliphatic carbocycles. The largest absolute Gasteiger partial charge is 0.381 e. The van der Waals surface area contributed by atoms with E-state index in [2.05, 4.69) is 4.90 Å². The lowest BCUT2D eigenvalue weighted by molar-refractivity contribution is -0.146. The summed E-state index contributed by atoms with van der Waals surface area (Å²) in [6.45, 7) is 7.82. The van der Waals surface area contributed by atoms with Gasteiger partial charge in [0.25, 0.3) is 0 Å². The summed E-state index contributed by atoms with van der Waals surface area (Å²) in [4.78, 5) is 16.7. The molecule has 5 heteroatoms. The van der Waals surface area contributed by atoms with E-state index in [0.29, 0.717) is 0 Å². The number of carbonyl (C=O) groups is 1. The molecule has 3 rings (SSSR count). The van der Waals surface area contributed by atoms with Gasteiger partial charge in [-0.15, -0.1) is 0 Å². The molecule has 5 nitrogen and oxygen atoms in total. The number of rotatable bonds is 3. The number of urea groups is 1. The molecule has 3 aliphatic rings. The molecule has 2 atom stereocenters. The van der Waals surface area contributed by atoms with Crippen molar-refractivity contribution in [3.63, 3.8) is 0 Å². The molecular weight excluding hydrogens is 268 g/mol. The molecule has 0 aromatic heterocycles. The van der Waals surface area contributed by atoms with Crippen LogP contribution in [0.4, 0.5) is 4.79 Å². The molecule has 3 saturated heterocycles. The maximum Gasteiger partial charge on any atom is 0.320 e. The highest BCUT2D eigenvalue weighted by molar-refractivity contribution is 5.75. The van der Waals surface area contributed by atoms with Crippen molar-refractivity contribution < 1.29 is 14.3 Å². The number of ether oxygens (including phenoxy) is 2. The maximum atomic E-state index is 12.7. The molecule has 3 fully saturated rings. The van der Waals surface area contributed by atoms with Crippen LogP contribution in [-0.4, -0.2) is 67.9 Å². The highest BCUT2D eigenvalue weighted by atomic mass is 16.5. The van der Waals surface area contributed by atoms with Crippen LogP contribution in [0.15, 0.2) is 0 Å². The fourth-order valence-corrected chi connectivity index (χ4v) is 4.08. The van der Waals surface area contributed by atoms with E-state index in [9.17, 15) is 4.79 Å². The highest BCUT2D eigenvalue weighted by Gasteiger charge is 2.47. The summed E-state index contributed by atoms with van der Waals surface area (Å²) in [6.07, 6.45) is 5.70. The zero-order valence-corrected chi connectivity index (χ0v) is 13.2. The van der Waals surface area contributed by atoms with Crippen LogP contribution in [0.1, 0.15) is 39.0 Å². The SMILES string of the molecule is CCOC[C@]12CCCO[C@H]1CCN(C(=O)N1CCCC1)C2. The third-order valence-electron chi connectivity index (χ3n) is 5.23. The number of nitrogens with zero attached hydrogens (tertiary/aromatic N) is 2. The van der Waals surface area contributed by atoms with Crippen LogP contribution in [0.2, 0.25) is 0 Å². The van der Waals surface area contributed by atoms with Crippen molar-refractivity contribution >= 4 is 6.03 Å². The molecular formula is C16H28N2O3. The van der Waals surface area contributed by atoms with Crippen LogP contribution in [0.5, 0.6) is 0 Å². The second kappa shape index (κ2) is 6.53. The van der Waals surface area contributed by atoms with Crippen molar-refractivity contribution in [3.05, 3.63) is 0 Å². The van der Waals surface area contributed by atoms with Crippen molar-refractivity contribution in [2.45, 2.75) is 45.1 Å². The Bertz CT molecular complexity index is 371. The molecule has 0 aromatic carbocycles. The Morgan fingerprint density at radius 1 is 1.24 bits per heavy atom. The number of hydrogen-bond donors (Lipinski definition) is 0. The second-order valence-corrected chi connectivity index (χ2v) is 6.65. The van der Waals surface area contributed by atoms with E-state index in [1.54, 1.807) is 0 Å². The minimum Gasteiger partial charge on any atom is -0.381 e. The molecule has 0 N–H and O–H groups in total. The summed E-state index contributed by atoms with van der Waals surface area (Å²) in [5.74, 6) is 0. The molecule has 0 saturated carbocycles. The van der Waals surface area contributed by atoms with E-state index < -0.39 is 0 Å². The number of amides is 2. The van der Waals surface area contributed by atoms with Gasteiger partial charge in [-0.2, -0.15) is 0 Å². The van der Waals surface area contributed by atoms with Crippen molar-refractivity contribution in [1.82, 2.24) is 9.80 Å². The third-order valence-corrected chi connectivity index (χ3v) is 5.23. The Balaban J connectivity index is 1.69. The molecule has 0 unspecified atom stereocenters. The topological polar surface area (TPSA) is 42.0 Å².